The second-order valence-corrected chi connectivity index (χ2v) is 5.62. The Kier molecular flexibility index (Phi) is 3.24. The first-order chi connectivity index (χ1) is 8.83. The van der Waals surface area contributed by atoms with Gasteiger partial charge in [0.2, 0.25) is 0 Å². The van der Waals surface area contributed by atoms with Crippen LogP contribution in [0.3, 0.4) is 0 Å². The van der Waals surface area contributed by atoms with Crippen LogP contribution in [-0.4, -0.2) is 11.2 Å². The number of nitrogens with two attached hydrogens (primary N) is 1. The van der Waals surface area contributed by atoms with Gasteiger partial charge in [0, 0.05) is 5.75 Å². The highest BCUT2D eigenvalue weighted by molar-refractivity contribution is 8.13. The quantitative estimate of drug-likeness (QED) is 0.673. The summed E-state index contributed by atoms with van der Waals surface area (Å²) in [7, 11) is 0. The van der Waals surface area contributed by atoms with E-state index in [2.05, 4.69) is 47.5 Å². The number of hydrogen-bond donors (Lipinski definition) is 1. The van der Waals surface area contributed by atoms with Crippen LogP contribution in [0.2, 0.25) is 0 Å². The molecule has 0 spiro atoms. The molecule has 0 unspecified atom stereocenters. The molecule has 0 aliphatic heterocycles. The highest BCUT2D eigenvalue weighted by Gasteiger charge is 2.20. The summed E-state index contributed by atoms with van der Waals surface area (Å²) >= 11 is 1.64. The standard InChI is InChI=1S/C15H16N2S/c16-15(17-13-8-9-13)18-10-12-6-3-5-11-4-1-2-7-14(11)12/h1-7,13H,8-10H2,(H2,16,17). The zero-order chi connectivity index (χ0) is 12.4. The number of hydrogen-bond acceptors (Lipinski definition) is 2. The van der Waals surface area contributed by atoms with Gasteiger partial charge < -0.3 is 5.73 Å². The molecule has 0 aromatic heterocycles. The van der Waals surface area contributed by atoms with Gasteiger partial charge in [0.1, 0.15) is 0 Å². The van der Waals surface area contributed by atoms with Crippen LogP contribution >= 0.6 is 11.8 Å². The van der Waals surface area contributed by atoms with Gasteiger partial charge in [-0.2, -0.15) is 0 Å². The zero-order valence-electron chi connectivity index (χ0n) is 10.2. The molecule has 0 saturated heterocycles. The summed E-state index contributed by atoms with van der Waals surface area (Å²) in [4.78, 5) is 4.44. The Balaban J connectivity index is 1.77. The molecule has 2 N–H and O–H groups in total. The average molecular weight is 256 g/mol. The molecule has 3 rings (SSSR count). The summed E-state index contributed by atoms with van der Waals surface area (Å²) in [5.74, 6) is 0.892. The van der Waals surface area contributed by atoms with Gasteiger partial charge in [-0.05, 0) is 29.2 Å². The molecule has 0 atom stereocenters. The Morgan fingerprint density at radius 1 is 1.17 bits per heavy atom. The third kappa shape index (κ3) is 2.67. The molecule has 18 heavy (non-hydrogen) atoms. The topological polar surface area (TPSA) is 38.4 Å². The first kappa shape index (κ1) is 11.6. The average Bonchev–Trinajstić information content (AvgIpc) is 3.20. The van der Waals surface area contributed by atoms with E-state index >= 15 is 0 Å². The number of nitrogens with zero attached hydrogens (tertiary/aromatic N) is 1. The van der Waals surface area contributed by atoms with Crippen molar-refractivity contribution in [2.75, 3.05) is 0 Å². The first-order valence-electron chi connectivity index (χ1n) is 6.25. The lowest BCUT2D eigenvalue weighted by atomic mass is 10.1. The molecule has 0 radical (unpaired) electrons. The van der Waals surface area contributed by atoms with E-state index in [0.717, 1.165) is 10.9 Å². The molecule has 0 bridgehead atoms. The van der Waals surface area contributed by atoms with E-state index in [4.69, 9.17) is 5.73 Å². The van der Waals surface area contributed by atoms with Crippen molar-refractivity contribution >= 4 is 27.7 Å². The van der Waals surface area contributed by atoms with Gasteiger partial charge in [-0.1, -0.05) is 54.2 Å². The van der Waals surface area contributed by atoms with Crippen LogP contribution in [0.25, 0.3) is 10.8 Å². The van der Waals surface area contributed by atoms with Gasteiger partial charge in [0.15, 0.2) is 5.17 Å². The molecule has 92 valence electrons. The minimum Gasteiger partial charge on any atom is -0.379 e. The molecule has 2 aromatic carbocycles. The van der Waals surface area contributed by atoms with E-state index in [1.807, 2.05) is 0 Å². The van der Waals surface area contributed by atoms with Crippen LogP contribution in [0, 0.1) is 0 Å². The second kappa shape index (κ2) is 5.02. The maximum absolute atomic E-state index is 5.92. The lowest BCUT2D eigenvalue weighted by Gasteiger charge is -2.06. The number of amidine groups is 1. The number of thioether (sulfide) groups is 1. The maximum Gasteiger partial charge on any atom is 0.154 e. The van der Waals surface area contributed by atoms with Crippen molar-refractivity contribution in [3.8, 4) is 0 Å². The van der Waals surface area contributed by atoms with Crippen molar-refractivity contribution in [2.24, 2.45) is 10.7 Å². The normalized spacial score (nSPS) is 16.1. The van der Waals surface area contributed by atoms with Crippen LogP contribution in [0.1, 0.15) is 18.4 Å². The Morgan fingerprint density at radius 3 is 2.78 bits per heavy atom. The van der Waals surface area contributed by atoms with Gasteiger partial charge in [0.05, 0.1) is 6.04 Å². The summed E-state index contributed by atoms with van der Waals surface area (Å²) in [5, 5.41) is 3.32. The van der Waals surface area contributed by atoms with Gasteiger partial charge in [-0.3, -0.25) is 4.99 Å². The van der Waals surface area contributed by atoms with Crippen LogP contribution in [0.5, 0.6) is 0 Å². The Morgan fingerprint density at radius 2 is 1.94 bits per heavy atom. The molecule has 2 aromatic rings. The molecule has 1 saturated carbocycles. The van der Waals surface area contributed by atoms with E-state index < -0.39 is 0 Å². The number of fused-ring (bicyclic) bond motifs is 1. The Hall–Kier alpha value is -1.48. The first-order valence-corrected chi connectivity index (χ1v) is 7.24. The predicted molar refractivity (Wildman–Crippen MR) is 79.9 cm³/mol. The highest BCUT2D eigenvalue weighted by atomic mass is 32.2. The monoisotopic (exact) mass is 256 g/mol. The minimum atomic E-state index is 0.505. The van der Waals surface area contributed by atoms with Gasteiger partial charge in [0.25, 0.3) is 0 Å². The lowest BCUT2D eigenvalue weighted by Crippen LogP contribution is -2.08. The summed E-state index contributed by atoms with van der Waals surface area (Å²) in [6, 6.07) is 15.4. The Labute approximate surface area is 111 Å². The van der Waals surface area contributed by atoms with E-state index in [9.17, 15) is 0 Å². The number of benzene rings is 2. The van der Waals surface area contributed by atoms with Crippen LogP contribution in [-0.2, 0) is 5.75 Å². The molecule has 1 aliphatic rings. The van der Waals surface area contributed by atoms with E-state index in [1.165, 1.54) is 29.2 Å². The molecular weight excluding hydrogens is 240 g/mol. The van der Waals surface area contributed by atoms with Crippen molar-refractivity contribution in [1.82, 2.24) is 0 Å². The second-order valence-electron chi connectivity index (χ2n) is 4.63. The van der Waals surface area contributed by atoms with E-state index in [1.54, 1.807) is 11.8 Å². The van der Waals surface area contributed by atoms with Gasteiger partial charge >= 0.3 is 0 Å². The molecular formula is C15H16N2S. The summed E-state index contributed by atoms with van der Waals surface area (Å²) in [6.07, 6.45) is 2.41. The molecule has 2 nitrogen and oxygen atoms in total. The van der Waals surface area contributed by atoms with E-state index in [-0.39, 0.29) is 0 Å². The molecule has 3 heteroatoms. The number of aliphatic imine (C=N–C) groups is 1. The van der Waals surface area contributed by atoms with Crippen molar-refractivity contribution in [1.29, 1.82) is 0 Å². The smallest absolute Gasteiger partial charge is 0.154 e. The largest absolute Gasteiger partial charge is 0.379 e. The van der Waals surface area contributed by atoms with Gasteiger partial charge in [-0.25, -0.2) is 0 Å². The van der Waals surface area contributed by atoms with Crippen molar-refractivity contribution in [2.45, 2.75) is 24.6 Å². The van der Waals surface area contributed by atoms with Crippen LogP contribution in [0.15, 0.2) is 47.5 Å². The van der Waals surface area contributed by atoms with Crippen molar-refractivity contribution < 1.29 is 0 Å². The fourth-order valence-electron chi connectivity index (χ4n) is 1.99. The van der Waals surface area contributed by atoms with E-state index in [0.29, 0.717) is 6.04 Å². The third-order valence-corrected chi connectivity index (χ3v) is 3.97. The fourth-order valence-corrected chi connectivity index (χ4v) is 2.77. The van der Waals surface area contributed by atoms with Gasteiger partial charge in [-0.15, -0.1) is 0 Å². The summed E-state index contributed by atoms with van der Waals surface area (Å²) < 4.78 is 0. The zero-order valence-corrected chi connectivity index (χ0v) is 11.0. The predicted octanol–water partition coefficient (Wildman–Crippen LogP) is 3.55. The number of rotatable bonds is 3. The van der Waals surface area contributed by atoms with Crippen LogP contribution in [0.4, 0.5) is 0 Å². The van der Waals surface area contributed by atoms with Crippen LogP contribution < -0.4 is 5.73 Å². The maximum atomic E-state index is 5.92. The Bertz CT molecular complexity index is 583. The third-order valence-electron chi connectivity index (χ3n) is 3.11. The molecule has 1 aliphatic carbocycles. The summed E-state index contributed by atoms with van der Waals surface area (Å²) in [6.45, 7) is 0. The fraction of sp³-hybridized carbons (Fsp3) is 0.267. The SMILES string of the molecule is NC(=NC1CC1)SCc1cccc2ccccc12. The lowest BCUT2D eigenvalue weighted by molar-refractivity contribution is 1.07. The molecule has 0 heterocycles. The minimum absolute atomic E-state index is 0.505. The molecule has 1 fully saturated rings. The van der Waals surface area contributed by atoms with Crippen molar-refractivity contribution in [3.05, 3.63) is 48.0 Å². The molecule has 0 amide bonds. The van der Waals surface area contributed by atoms with Crippen molar-refractivity contribution in [3.63, 3.8) is 0 Å². The summed E-state index contributed by atoms with van der Waals surface area (Å²) in [5.41, 5.74) is 7.25. The highest BCUT2D eigenvalue weighted by Crippen LogP contribution is 2.26.